The van der Waals surface area contributed by atoms with Crippen LogP contribution >= 0.6 is 0 Å². The van der Waals surface area contributed by atoms with Gasteiger partial charge in [0.05, 0.1) is 22.1 Å². The maximum Gasteiger partial charge on any atom is 0.238 e. The minimum Gasteiger partial charge on any atom is -0.309 e. The van der Waals surface area contributed by atoms with Crippen LogP contribution < -0.4 is 0 Å². The van der Waals surface area contributed by atoms with Crippen LogP contribution in [0.2, 0.25) is 0 Å². The SMILES string of the molecule is [Ir].[c-]1cc(-c2ccncc2)c(-c2ccc3c(c2)c2cc4c5ccccc5n(-c5ccccc5)c4cc2n3-c2nc(-c3ccccc3)nc(-c3ccccc3)n2)cc1-c1ccccn1. The second-order valence-electron chi connectivity index (χ2n) is 15.3. The average Bonchev–Trinajstić information content (AvgIpc) is 3.85. The molecule has 0 aliphatic carbocycles. The molecule has 0 atom stereocenters. The number of aromatic nitrogens is 7. The predicted molar refractivity (Wildman–Crippen MR) is 250 cm³/mol. The predicted octanol–water partition coefficient (Wildman–Crippen LogP) is 13.0. The zero-order valence-electron chi connectivity index (χ0n) is 33.6. The van der Waals surface area contributed by atoms with E-state index in [1.54, 1.807) is 0 Å². The summed E-state index contributed by atoms with van der Waals surface area (Å²) in [6.45, 7) is 0. The molecule has 12 rings (SSSR count). The van der Waals surface area contributed by atoms with E-state index in [9.17, 15) is 0 Å². The van der Waals surface area contributed by atoms with Gasteiger partial charge in [0.2, 0.25) is 5.95 Å². The number of rotatable bonds is 7. The molecule has 0 aliphatic rings. The third-order valence-electron chi connectivity index (χ3n) is 11.7. The number of pyridine rings is 2. The van der Waals surface area contributed by atoms with E-state index in [0.717, 1.165) is 88.6 Å². The number of hydrogen-bond acceptors (Lipinski definition) is 5. The molecule has 1 radical (unpaired) electrons. The third kappa shape index (κ3) is 6.61. The fourth-order valence-corrected chi connectivity index (χ4v) is 8.79. The number of nitrogens with zero attached hydrogens (tertiary/aromatic N) is 7. The van der Waals surface area contributed by atoms with Crippen molar-refractivity contribution >= 4 is 43.6 Å². The Bertz CT molecular complexity index is 3550. The molecule has 8 heteroatoms. The molecular weight excluding hydrogens is 951 g/mol. The molecule has 0 saturated carbocycles. The van der Waals surface area contributed by atoms with Crippen molar-refractivity contribution in [2.45, 2.75) is 0 Å². The third-order valence-corrected chi connectivity index (χ3v) is 11.7. The summed E-state index contributed by atoms with van der Waals surface area (Å²) in [5.74, 6) is 1.74. The second-order valence-corrected chi connectivity index (χ2v) is 15.3. The van der Waals surface area contributed by atoms with Gasteiger partial charge in [-0.3, -0.25) is 9.55 Å². The summed E-state index contributed by atoms with van der Waals surface area (Å²) in [4.78, 5) is 24.6. The van der Waals surface area contributed by atoms with Crippen LogP contribution in [0.4, 0.5) is 0 Å². The molecule has 0 N–H and O–H groups in total. The van der Waals surface area contributed by atoms with Crippen LogP contribution in [0.5, 0.6) is 0 Å². The van der Waals surface area contributed by atoms with E-state index in [-0.39, 0.29) is 20.1 Å². The van der Waals surface area contributed by atoms with Gasteiger partial charge in [0.15, 0.2) is 11.6 Å². The number of hydrogen-bond donors (Lipinski definition) is 0. The van der Waals surface area contributed by atoms with Gasteiger partial charge in [-0.2, -0.15) is 9.97 Å². The number of fused-ring (bicyclic) bond motifs is 6. The van der Waals surface area contributed by atoms with Crippen molar-refractivity contribution in [3.63, 3.8) is 0 Å². The smallest absolute Gasteiger partial charge is 0.238 e. The minimum atomic E-state index is 0. The molecule has 0 aliphatic heterocycles. The average molecular weight is 985 g/mol. The van der Waals surface area contributed by atoms with Crippen LogP contribution in [-0.2, 0) is 20.1 Å². The first-order chi connectivity index (χ1) is 30.7. The largest absolute Gasteiger partial charge is 0.309 e. The summed E-state index contributed by atoms with van der Waals surface area (Å²) in [6.07, 6.45) is 5.49. The summed E-state index contributed by atoms with van der Waals surface area (Å²) in [5.41, 5.74) is 13.1. The molecule has 5 heterocycles. The maximum absolute atomic E-state index is 5.27. The first-order valence-electron chi connectivity index (χ1n) is 20.6. The van der Waals surface area contributed by atoms with Crippen molar-refractivity contribution in [1.82, 2.24) is 34.1 Å². The van der Waals surface area contributed by atoms with Gasteiger partial charge in [0, 0.05) is 77.1 Å². The Balaban J connectivity index is 0.00000444. The Hall–Kier alpha value is -7.90. The molecular formula is C55H34IrN7-. The van der Waals surface area contributed by atoms with E-state index in [1.165, 1.54) is 5.39 Å². The van der Waals surface area contributed by atoms with E-state index >= 15 is 0 Å². The summed E-state index contributed by atoms with van der Waals surface area (Å²) in [5, 5.41) is 4.51. The van der Waals surface area contributed by atoms with Crippen LogP contribution in [0.1, 0.15) is 0 Å². The standard InChI is InChI=1S/C55H34N7.Ir/c1-4-14-37(15-5-1)53-58-54(38-16-6-2-7-17-38)60-55(59-53)62-50-26-24-39(44-33-40(48-21-12-13-29-57-48)23-25-42(44)36-27-30-56-31-28-36)32-45(50)47-34-46-43-20-10-11-22-49(43)61(51(46)35-52(47)62)41-18-8-3-9-19-41;/h1-22,24-35H;/q-1;. The maximum atomic E-state index is 5.27. The Morgan fingerprint density at radius 3 is 1.73 bits per heavy atom. The van der Waals surface area contributed by atoms with E-state index < -0.39 is 0 Å². The Kier molecular flexibility index (Phi) is 9.57. The van der Waals surface area contributed by atoms with Crippen molar-refractivity contribution in [3.05, 3.63) is 213 Å². The van der Waals surface area contributed by atoms with Crippen molar-refractivity contribution < 1.29 is 20.1 Å². The number of para-hydroxylation sites is 2. The molecule has 7 nitrogen and oxygen atoms in total. The minimum absolute atomic E-state index is 0. The second kappa shape index (κ2) is 15.9. The molecule has 0 saturated heterocycles. The molecule has 0 fully saturated rings. The van der Waals surface area contributed by atoms with Gasteiger partial charge in [-0.15, -0.1) is 23.8 Å². The van der Waals surface area contributed by atoms with E-state index in [1.807, 2.05) is 110 Å². The van der Waals surface area contributed by atoms with Crippen LogP contribution in [0.25, 0.3) is 112 Å². The van der Waals surface area contributed by atoms with E-state index in [0.29, 0.717) is 17.6 Å². The quantitative estimate of drug-likeness (QED) is 0.149. The van der Waals surface area contributed by atoms with E-state index in [2.05, 4.69) is 122 Å². The van der Waals surface area contributed by atoms with Crippen molar-refractivity contribution in [3.8, 4) is 67.9 Å². The van der Waals surface area contributed by atoms with Crippen molar-refractivity contribution in [2.24, 2.45) is 0 Å². The zero-order chi connectivity index (χ0) is 41.0. The summed E-state index contributed by atoms with van der Waals surface area (Å²) in [6, 6.07) is 68.8. The van der Waals surface area contributed by atoms with Gasteiger partial charge in [-0.1, -0.05) is 132 Å². The van der Waals surface area contributed by atoms with Crippen LogP contribution in [0.3, 0.4) is 0 Å². The fourth-order valence-electron chi connectivity index (χ4n) is 8.79. The van der Waals surface area contributed by atoms with Crippen molar-refractivity contribution in [2.75, 3.05) is 0 Å². The summed E-state index contributed by atoms with van der Waals surface area (Å²) >= 11 is 0. The van der Waals surface area contributed by atoms with Gasteiger partial charge in [0.25, 0.3) is 0 Å². The van der Waals surface area contributed by atoms with E-state index in [4.69, 9.17) is 15.0 Å². The molecule has 0 unspecified atom stereocenters. The van der Waals surface area contributed by atoms with Gasteiger partial charge in [0.1, 0.15) is 0 Å². The summed E-state index contributed by atoms with van der Waals surface area (Å²) in [7, 11) is 0. The van der Waals surface area contributed by atoms with Gasteiger partial charge >= 0.3 is 0 Å². The van der Waals surface area contributed by atoms with Crippen LogP contribution in [-0.4, -0.2) is 34.1 Å². The van der Waals surface area contributed by atoms with Gasteiger partial charge < -0.3 is 9.55 Å². The molecule has 0 spiro atoms. The molecule has 12 aromatic rings. The molecule has 5 aromatic heterocycles. The fraction of sp³-hybridized carbons (Fsp3) is 0. The van der Waals surface area contributed by atoms with Crippen LogP contribution in [0.15, 0.2) is 207 Å². The first-order valence-corrected chi connectivity index (χ1v) is 20.6. The summed E-state index contributed by atoms with van der Waals surface area (Å²) < 4.78 is 4.57. The Morgan fingerprint density at radius 2 is 1.02 bits per heavy atom. The van der Waals surface area contributed by atoms with Crippen LogP contribution in [0, 0.1) is 6.07 Å². The normalized spacial score (nSPS) is 11.4. The number of benzene rings is 7. The molecule has 0 amide bonds. The van der Waals surface area contributed by atoms with Gasteiger partial charge in [-0.05, 0) is 71.9 Å². The molecule has 0 bridgehead atoms. The van der Waals surface area contributed by atoms with Crippen molar-refractivity contribution in [1.29, 1.82) is 0 Å². The Morgan fingerprint density at radius 1 is 0.397 bits per heavy atom. The Labute approximate surface area is 376 Å². The van der Waals surface area contributed by atoms with Gasteiger partial charge in [-0.25, -0.2) is 4.98 Å². The monoisotopic (exact) mass is 985 g/mol. The topological polar surface area (TPSA) is 74.3 Å². The molecule has 63 heavy (non-hydrogen) atoms. The molecule has 7 aromatic carbocycles. The molecule has 299 valence electrons. The zero-order valence-corrected chi connectivity index (χ0v) is 36.0. The first kappa shape index (κ1) is 38.1.